The number of nitrogens with zero attached hydrogens (tertiary/aromatic N) is 1. The van der Waals surface area contributed by atoms with Gasteiger partial charge >= 0.3 is 5.97 Å². The van der Waals surface area contributed by atoms with Crippen LogP contribution >= 0.6 is 0 Å². The standard InChI is InChI=1S/C18H15NO4/c1-21-15-9-8-12(11-16(15)22-2)10-14-18(20)23-17(19-14)13-6-4-3-5-7-13/h3-11H,1-2H3/b14-10-. The minimum atomic E-state index is -0.473. The molecule has 0 saturated heterocycles. The summed E-state index contributed by atoms with van der Waals surface area (Å²) in [5.41, 5.74) is 1.78. The molecule has 0 unspecified atom stereocenters. The zero-order chi connectivity index (χ0) is 16.2. The molecule has 0 radical (unpaired) electrons. The Labute approximate surface area is 133 Å². The SMILES string of the molecule is COc1ccc(/C=C2\N=C(c3ccccc3)OC2=O)cc1OC. The molecule has 116 valence electrons. The first-order valence-electron chi connectivity index (χ1n) is 7.01. The average molecular weight is 309 g/mol. The molecule has 3 rings (SSSR count). The van der Waals surface area contributed by atoms with Gasteiger partial charge in [0.25, 0.3) is 0 Å². The van der Waals surface area contributed by atoms with Crippen molar-refractivity contribution < 1.29 is 19.0 Å². The zero-order valence-electron chi connectivity index (χ0n) is 12.8. The van der Waals surface area contributed by atoms with E-state index in [9.17, 15) is 4.79 Å². The van der Waals surface area contributed by atoms with Crippen LogP contribution in [0.2, 0.25) is 0 Å². The molecule has 1 aliphatic heterocycles. The molecule has 0 aliphatic carbocycles. The minimum absolute atomic E-state index is 0.246. The number of rotatable bonds is 4. The number of benzene rings is 2. The Balaban J connectivity index is 1.93. The Morgan fingerprint density at radius 1 is 1.00 bits per heavy atom. The topological polar surface area (TPSA) is 57.1 Å². The van der Waals surface area contributed by atoms with Crippen molar-refractivity contribution >= 4 is 17.9 Å². The van der Waals surface area contributed by atoms with Crippen LogP contribution < -0.4 is 9.47 Å². The monoisotopic (exact) mass is 309 g/mol. The van der Waals surface area contributed by atoms with Crippen molar-refractivity contribution in [1.82, 2.24) is 0 Å². The molecule has 0 atom stereocenters. The van der Waals surface area contributed by atoms with Gasteiger partial charge in [-0.25, -0.2) is 9.79 Å². The number of carbonyl (C=O) groups is 1. The first kappa shape index (κ1) is 14.8. The predicted octanol–water partition coefficient (Wildman–Crippen LogP) is 3.05. The number of carbonyl (C=O) groups excluding carboxylic acids is 1. The number of hydrogen-bond acceptors (Lipinski definition) is 5. The third-order valence-corrected chi connectivity index (χ3v) is 3.35. The molecular formula is C18H15NO4. The van der Waals surface area contributed by atoms with E-state index in [1.807, 2.05) is 36.4 Å². The Morgan fingerprint density at radius 2 is 1.74 bits per heavy atom. The van der Waals surface area contributed by atoms with E-state index >= 15 is 0 Å². The normalized spacial score (nSPS) is 15.3. The Hall–Kier alpha value is -3.08. The van der Waals surface area contributed by atoms with Crippen molar-refractivity contribution in [2.45, 2.75) is 0 Å². The van der Waals surface area contributed by atoms with E-state index in [0.29, 0.717) is 17.4 Å². The van der Waals surface area contributed by atoms with E-state index in [1.165, 1.54) is 0 Å². The Kier molecular flexibility index (Phi) is 4.10. The van der Waals surface area contributed by atoms with Gasteiger partial charge in [0, 0.05) is 5.56 Å². The summed E-state index contributed by atoms with van der Waals surface area (Å²) in [4.78, 5) is 16.2. The second-order valence-electron chi connectivity index (χ2n) is 4.82. The highest BCUT2D eigenvalue weighted by Gasteiger charge is 2.24. The van der Waals surface area contributed by atoms with Crippen molar-refractivity contribution in [2.75, 3.05) is 14.2 Å². The van der Waals surface area contributed by atoms with Crippen LogP contribution in [0.25, 0.3) is 6.08 Å². The molecule has 0 spiro atoms. The van der Waals surface area contributed by atoms with Gasteiger partial charge in [-0.05, 0) is 35.9 Å². The zero-order valence-corrected chi connectivity index (χ0v) is 12.8. The lowest BCUT2D eigenvalue weighted by atomic mass is 10.1. The minimum Gasteiger partial charge on any atom is -0.493 e. The molecule has 0 N–H and O–H groups in total. The summed E-state index contributed by atoms with van der Waals surface area (Å²) in [6.07, 6.45) is 1.65. The first-order chi connectivity index (χ1) is 11.2. The first-order valence-corrected chi connectivity index (χ1v) is 7.01. The van der Waals surface area contributed by atoms with Crippen molar-refractivity contribution in [1.29, 1.82) is 0 Å². The summed E-state index contributed by atoms with van der Waals surface area (Å²) in [7, 11) is 3.13. The molecule has 5 nitrogen and oxygen atoms in total. The molecule has 23 heavy (non-hydrogen) atoms. The van der Waals surface area contributed by atoms with Gasteiger partial charge in [-0.15, -0.1) is 0 Å². The Bertz CT molecular complexity index is 794. The summed E-state index contributed by atoms with van der Waals surface area (Å²) in [6.45, 7) is 0. The van der Waals surface area contributed by atoms with Gasteiger partial charge in [-0.2, -0.15) is 0 Å². The summed E-state index contributed by atoms with van der Waals surface area (Å²) in [6, 6.07) is 14.7. The smallest absolute Gasteiger partial charge is 0.363 e. The van der Waals surface area contributed by atoms with Gasteiger partial charge < -0.3 is 14.2 Å². The third-order valence-electron chi connectivity index (χ3n) is 3.35. The molecule has 1 aliphatic rings. The summed E-state index contributed by atoms with van der Waals surface area (Å²) >= 11 is 0. The number of cyclic esters (lactones) is 1. The van der Waals surface area contributed by atoms with E-state index in [2.05, 4.69) is 4.99 Å². The quantitative estimate of drug-likeness (QED) is 0.643. The van der Waals surface area contributed by atoms with Crippen molar-refractivity contribution in [3.8, 4) is 11.5 Å². The number of esters is 1. The molecular weight excluding hydrogens is 294 g/mol. The number of ether oxygens (including phenoxy) is 3. The highest BCUT2D eigenvalue weighted by Crippen LogP contribution is 2.29. The van der Waals surface area contributed by atoms with Gasteiger partial charge in [0.2, 0.25) is 5.90 Å². The maximum Gasteiger partial charge on any atom is 0.363 e. The van der Waals surface area contributed by atoms with Crippen LogP contribution in [0.4, 0.5) is 0 Å². The summed E-state index contributed by atoms with van der Waals surface area (Å²) in [5, 5.41) is 0. The molecule has 2 aromatic rings. The number of hydrogen-bond donors (Lipinski definition) is 0. The molecule has 0 amide bonds. The third kappa shape index (κ3) is 3.08. The highest BCUT2D eigenvalue weighted by molar-refractivity contribution is 6.12. The Morgan fingerprint density at radius 3 is 2.43 bits per heavy atom. The van der Waals surface area contributed by atoms with Crippen molar-refractivity contribution in [3.05, 3.63) is 65.4 Å². The van der Waals surface area contributed by atoms with Crippen molar-refractivity contribution in [3.63, 3.8) is 0 Å². The van der Waals surface area contributed by atoms with Crippen LogP contribution in [-0.2, 0) is 9.53 Å². The molecule has 0 aromatic heterocycles. The van der Waals surface area contributed by atoms with Crippen LogP contribution in [0.1, 0.15) is 11.1 Å². The van der Waals surface area contributed by atoms with Gasteiger partial charge in [0.05, 0.1) is 14.2 Å². The molecule has 0 fully saturated rings. The molecule has 0 bridgehead atoms. The van der Waals surface area contributed by atoms with E-state index in [1.54, 1.807) is 32.4 Å². The van der Waals surface area contributed by atoms with E-state index in [4.69, 9.17) is 14.2 Å². The van der Waals surface area contributed by atoms with Crippen LogP contribution in [0, 0.1) is 0 Å². The fourth-order valence-electron chi connectivity index (χ4n) is 2.21. The van der Waals surface area contributed by atoms with Crippen LogP contribution in [0.5, 0.6) is 11.5 Å². The largest absolute Gasteiger partial charge is 0.493 e. The lowest BCUT2D eigenvalue weighted by Crippen LogP contribution is -2.04. The number of methoxy groups -OCH3 is 2. The summed E-state index contributed by atoms with van der Waals surface area (Å²) in [5.74, 6) is 1.04. The van der Waals surface area contributed by atoms with E-state index in [0.717, 1.165) is 11.1 Å². The molecule has 1 heterocycles. The van der Waals surface area contributed by atoms with Crippen LogP contribution in [0.3, 0.4) is 0 Å². The van der Waals surface area contributed by atoms with Crippen LogP contribution in [-0.4, -0.2) is 26.1 Å². The lowest BCUT2D eigenvalue weighted by molar-refractivity contribution is -0.129. The van der Waals surface area contributed by atoms with Crippen LogP contribution in [0.15, 0.2) is 59.2 Å². The fraction of sp³-hybridized carbons (Fsp3) is 0.111. The highest BCUT2D eigenvalue weighted by atomic mass is 16.6. The predicted molar refractivity (Wildman–Crippen MR) is 86.6 cm³/mol. The second kappa shape index (κ2) is 6.36. The van der Waals surface area contributed by atoms with Crippen molar-refractivity contribution in [2.24, 2.45) is 4.99 Å². The van der Waals surface area contributed by atoms with Gasteiger partial charge in [0.1, 0.15) is 0 Å². The lowest BCUT2D eigenvalue weighted by Gasteiger charge is -2.07. The van der Waals surface area contributed by atoms with E-state index < -0.39 is 5.97 Å². The summed E-state index contributed by atoms with van der Waals surface area (Å²) < 4.78 is 15.7. The average Bonchev–Trinajstić information content (AvgIpc) is 2.96. The number of aliphatic imine (C=N–C) groups is 1. The van der Waals surface area contributed by atoms with Gasteiger partial charge in [-0.1, -0.05) is 24.3 Å². The second-order valence-corrected chi connectivity index (χ2v) is 4.82. The maximum absolute atomic E-state index is 12.0. The van der Waals surface area contributed by atoms with Gasteiger partial charge in [0.15, 0.2) is 17.2 Å². The van der Waals surface area contributed by atoms with Gasteiger partial charge in [-0.3, -0.25) is 0 Å². The maximum atomic E-state index is 12.0. The van der Waals surface area contributed by atoms with E-state index in [-0.39, 0.29) is 5.70 Å². The molecule has 0 saturated carbocycles. The molecule has 2 aromatic carbocycles. The fourth-order valence-corrected chi connectivity index (χ4v) is 2.21. The molecule has 5 heteroatoms.